The molecule has 0 saturated heterocycles. The van der Waals surface area contributed by atoms with Crippen molar-refractivity contribution < 1.29 is 8.60 Å². The standard InChI is InChI=1S/C13H10BrFOS/c14-11-6-2-1-5-10(11)9-17(16)13-8-4-3-7-12(13)15/h1-8H,9H2. The molecule has 0 heterocycles. The van der Waals surface area contributed by atoms with Crippen LogP contribution in [0.2, 0.25) is 0 Å². The zero-order chi connectivity index (χ0) is 12.3. The molecule has 17 heavy (non-hydrogen) atoms. The normalized spacial score (nSPS) is 12.4. The van der Waals surface area contributed by atoms with E-state index < -0.39 is 16.6 Å². The Bertz CT molecular complexity index is 557. The smallest absolute Gasteiger partial charge is 0.139 e. The highest BCUT2D eigenvalue weighted by atomic mass is 79.9. The minimum Gasteiger partial charge on any atom is -0.254 e. The lowest BCUT2D eigenvalue weighted by molar-refractivity contribution is 0.595. The molecule has 0 spiro atoms. The van der Waals surface area contributed by atoms with Gasteiger partial charge in [-0.2, -0.15) is 0 Å². The minimum atomic E-state index is -1.36. The lowest BCUT2D eigenvalue weighted by Gasteiger charge is -2.05. The summed E-state index contributed by atoms with van der Waals surface area (Å²) in [6.07, 6.45) is 0. The summed E-state index contributed by atoms with van der Waals surface area (Å²) < 4.78 is 26.4. The molecule has 0 bridgehead atoms. The lowest BCUT2D eigenvalue weighted by atomic mass is 10.2. The van der Waals surface area contributed by atoms with Gasteiger partial charge in [0.2, 0.25) is 0 Å². The molecule has 0 amide bonds. The van der Waals surface area contributed by atoms with Gasteiger partial charge in [-0.3, -0.25) is 4.21 Å². The lowest BCUT2D eigenvalue weighted by Crippen LogP contribution is -1.99. The number of hydrogen-bond acceptors (Lipinski definition) is 1. The zero-order valence-electron chi connectivity index (χ0n) is 8.90. The second kappa shape index (κ2) is 5.56. The maximum absolute atomic E-state index is 13.4. The molecule has 1 nitrogen and oxygen atoms in total. The molecule has 0 N–H and O–H groups in total. The molecule has 1 unspecified atom stereocenters. The van der Waals surface area contributed by atoms with Crippen LogP contribution in [0.3, 0.4) is 0 Å². The fraction of sp³-hybridized carbons (Fsp3) is 0.0769. The van der Waals surface area contributed by atoms with E-state index in [2.05, 4.69) is 15.9 Å². The van der Waals surface area contributed by atoms with Crippen molar-refractivity contribution in [3.63, 3.8) is 0 Å². The van der Waals surface area contributed by atoms with Crippen LogP contribution in [0, 0.1) is 5.82 Å². The van der Waals surface area contributed by atoms with Crippen LogP contribution >= 0.6 is 15.9 Å². The molecule has 0 aliphatic rings. The second-order valence-corrected chi connectivity index (χ2v) is 5.79. The molecule has 0 aromatic heterocycles. The van der Waals surface area contributed by atoms with Crippen LogP contribution in [0.15, 0.2) is 57.9 Å². The molecule has 0 aliphatic carbocycles. The van der Waals surface area contributed by atoms with Crippen molar-refractivity contribution in [2.45, 2.75) is 10.6 Å². The van der Waals surface area contributed by atoms with Crippen LogP contribution in [0.1, 0.15) is 5.56 Å². The van der Waals surface area contributed by atoms with Gasteiger partial charge in [-0.05, 0) is 23.8 Å². The summed E-state index contributed by atoms with van der Waals surface area (Å²) in [4.78, 5) is 0.253. The van der Waals surface area contributed by atoms with Gasteiger partial charge < -0.3 is 0 Å². The molecule has 0 radical (unpaired) electrons. The molecular formula is C13H10BrFOS. The second-order valence-electron chi connectivity index (χ2n) is 3.51. The Morgan fingerprint density at radius 3 is 2.41 bits per heavy atom. The average Bonchev–Trinajstić information content (AvgIpc) is 2.32. The van der Waals surface area contributed by atoms with Crippen LogP contribution in [0.25, 0.3) is 0 Å². The van der Waals surface area contributed by atoms with E-state index in [0.29, 0.717) is 5.75 Å². The number of halogens is 2. The summed E-state index contributed by atoms with van der Waals surface area (Å²) in [6.45, 7) is 0. The molecule has 88 valence electrons. The third-order valence-corrected chi connectivity index (χ3v) is 4.49. The molecule has 1 atom stereocenters. The van der Waals surface area contributed by atoms with E-state index in [1.165, 1.54) is 6.07 Å². The Hall–Kier alpha value is -1.00. The average molecular weight is 313 g/mol. The van der Waals surface area contributed by atoms with E-state index >= 15 is 0 Å². The summed E-state index contributed by atoms with van der Waals surface area (Å²) in [5.74, 6) is -0.111. The Balaban J connectivity index is 2.24. The van der Waals surface area contributed by atoms with Crippen molar-refractivity contribution in [1.82, 2.24) is 0 Å². The molecule has 2 rings (SSSR count). The van der Waals surface area contributed by atoms with Gasteiger partial charge in [0, 0.05) is 4.47 Å². The summed E-state index contributed by atoms with van der Waals surface area (Å²) in [6, 6.07) is 13.7. The highest BCUT2D eigenvalue weighted by molar-refractivity contribution is 9.10. The van der Waals surface area contributed by atoms with Gasteiger partial charge in [0.25, 0.3) is 0 Å². The predicted molar refractivity (Wildman–Crippen MR) is 70.7 cm³/mol. The highest BCUT2D eigenvalue weighted by Gasteiger charge is 2.11. The highest BCUT2D eigenvalue weighted by Crippen LogP contribution is 2.21. The third kappa shape index (κ3) is 3.01. The molecule has 0 fully saturated rings. The van der Waals surface area contributed by atoms with Gasteiger partial charge in [0.15, 0.2) is 0 Å². The fourth-order valence-electron chi connectivity index (χ4n) is 1.46. The van der Waals surface area contributed by atoms with E-state index in [1.54, 1.807) is 18.2 Å². The first-order valence-corrected chi connectivity index (χ1v) is 7.16. The largest absolute Gasteiger partial charge is 0.254 e. The minimum absolute atomic E-state index is 0.253. The van der Waals surface area contributed by atoms with Gasteiger partial charge in [-0.15, -0.1) is 0 Å². The summed E-state index contributed by atoms with van der Waals surface area (Å²) in [5.41, 5.74) is 0.911. The van der Waals surface area contributed by atoms with Crippen molar-refractivity contribution >= 4 is 26.7 Å². The number of benzene rings is 2. The van der Waals surface area contributed by atoms with Crippen molar-refractivity contribution in [3.8, 4) is 0 Å². The molecule has 0 aliphatic heterocycles. The van der Waals surface area contributed by atoms with Crippen LogP contribution < -0.4 is 0 Å². The Kier molecular flexibility index (Phi) is 4.07. The quantitative estimate of drug-likeness (QED) is 0.840. The van der Waals surface area contributed by atoms with Crippen LogP contribution in [0.5, 0.6) is 0 Å². The number of hydrogen-bond donors (Lipinski definition) is 0. The molecule has 2 aromatic rings. The van der Waals surface area contributed by atoms with E-state index in [0.717, 1.165) is 10.0 Å². The Morgan fingerprint density at radius 1 is 1.06 bits per heavy atom. The Labute approximate surface area is 110 Å². The van der Waals surface area contributed by atoms with E-state index in [4.69, 9.17) is 0 Å². The fourth-order valence-corrected chi connectivity index (χ4v) is 3.28. The first-order chi connectivity index (χ1) is 8.18. The zero-order valence-corrected chi connectivity index (χ0v) is 11.3. The first-order valence-electron chi connectivity index (χ1n) is 5.05. The van der Waals surface area contributed by atoms with Crippen molar-refractivity contribution in [2.75, 3.05) is 0 Å². The molecule has 0 saturated carbocycles. The molecule has 2 aromatic carbocycles. The number of rotatable bonds is 3. The third-order valence-electron chi connectivity index (χ3n) is 2.33. The van der Waals surface area contributed by atoms with E-state index in [-0.39, 0.29) is 4.90 Å². The van der Waals surface area contributed by atoms with E-state index in [1.807, 2.05) is 24.3 Å². The van der Waals surface area contributed by atoms with E-state index in [9.17, 15) is 8.60 Å². The van der Waals surface area contributed by atoms with Gasteiger partial charge in [0.1, 0.15) is 5.82 Å². The topological polar surface area (TPSA) is 17.1 Å². The first kappa shape index (κ1) is 12.5. The van der Waals surface area contributed by atoms with Crippen LogP contribution in [-0.2, 0) is 16.6 Å². The summed E-state index contributed by atoms with van der Waals surface area (Å²) in [5, 5.41) is 0. The van der Waals surface area contributed by atoms with Gasteiger partial charge in [-0.1, -0.05) is 46.3 Å². The van der Waals surface area contributed by atoms with Crippen molar-refractivity contribution in [2.24, 2.45) is 0 Å². The van der Waals surface area contributed by atoms with Crippen molar-refractivity contribution in [3.05, 3.63) is 64.4 Å². The van der Waals surface area contributed by atoms with Crippen LogP contribution in [-0.4, -0.2) is 4.21 Å². The van der Waals surface area contributed by atoms with Crippen molar-refractivity contribution in [1.29, 1.82) is 0 Å². The maximum atomic E-state index is 13.4. The maximum Gasteiger partial charge on any atom is 0.139 e. The molecular weight excluding hydrogens is 303 g/mol. The van der Waals surface area contributed by atoms with Gasteiger partial charge >= 0.3 is 0 Å². The predicted octanol–water partition coefficient (Wildman–Crippen LogP) is 3.90. The molecule has 4 heteroatoms. The van der Waals surface area contributed by atoms with Gasteiger partial charge in [-0.25, -0.2) is 4.39 Å². The summed E-state index contributed by atoms with van der Waals surface area (Å²) >= 11 is 3.39. The van der Waals surface area contributed by atoms with Crippen LogP contribution in [0.4, 0.5) is 4.39 Å². The SMILES string of the molecule is O=S(Cc1ccccc1Br)c1ccccc1F. The Morgan fingerprint density at radius 2 is 1.71 bits per heavy atom. The van der Waals surface area contributed by atoms with Gasteiger partial charge in [0.05, 0.1) is 21.4 Å². The summed E-state index contributed by atoms with van der Waals surface area (Å²) in [7, 11) is -1.36. The monoisotopic (exact) mass is 312 g/mol.